The van der Waals surface area contributed by atoms with Crippen molar-refractivity contribution in [3.05, 3.63) is 36.0 Å². The molecule has 0 bridgehead atoms. The summed E-state index contributed by atoms with van der Waals surface area (Å²) in [6.07, 6.45) is 4.44. The molecule has 0 saturated carbocycles. The highest BCUT2D eigenvalue weighted by atomic mass is 16.5. The fraction of sp³-hybridized carbons (Fsp3) is 0.529. The topological polar surface area (TPSA) is 35.4 Å². The molecule has 0 aliphatic heterocycles. The van der Waals surface area contributed by atoms with Crippen LogP contribution in [0.5, 0.6) is 0 Å². The minimum Gasteiger partial charge on any atom is -0.385 e. The van der Waals surface area contributed by atoms with Crippen LogP contribution in [0.15, 0.2) is 30.5 Å². The van der Waals surface area contributed by atoms with E-state index in [0.717, 1.165) is 45.7 Å². The third-order valence-corrected chi connectivity index (χ3v) is 3.70. The molecule has 1 N–H and O–H groups in total. The molecule has 116 valence electrons. The zero-order valence-electron chi connectivity index (χ0n) is 13.1. The first-order valence-electron chi connectivity index (χ1n) is 7.62. The number of hydrogen-bond acceptors (Lipinski definition) is 3. The Morgan fingerprint density at radius 1 is 1.05 bits per heavy atom. The van der Waals surface area contributed by atoms with E-state index >= 15 is 0 Å². The minimum atomic E-state index is 0.747. The second kappa shape index (κ2) is 8.82. The number of nitrogens with zero attached hydrogens (tertiary/aromatic N) is 1. The molecule has 0 atom stereocenters. The lowest BCUT2D eigenvalue weighted by Gasteiger charge is -2.08. The van der Waals surface area contributed by atoms with Gasteiger partial charge in [0.15, 0.2) is 0 Å². The van der Waals surface area contributed by atoms with Crippen LogP contribution in [0.2, 0.25) is 0 Å². The number of aromatic nitrogens is 1. The van der Waals surface area contributed by atoms with Crippen molar-refractivity contribution < 1.29 is 9.47 Å². The summed E-state index contributed by atoms with van der Waals surface area (Å²) in [5, 5.41) is 4.75. The van der Waals surface area contributed by atoms with E-state index in [2.05, 4.69) is 40.3 Å². The highest BCUT2D eigenvalue weighted by molar-refractivity contribution is 5.83. The Morgan fingerprint density at radius 3 is 2.71 bits per heavy atom. The van der Waals surface area contributed by atoms with Gasteiger partial charge in [0.05, 0.1) is 6.61 Å². The molecular weight excluding hydrogens is 264 g/mol. The van der Waals surface area contributed by atoms with E-state index in [1.807, 2.05) is 0 Å². The lowest BCUT2D eigenvalue weighted by molar-refractivity contribution is 0.191. The summed E-state index contributed by atoms with van der Waals surface area (Å²) in [5.74, 6) is 0. The van der Waals surface area contributed by atoms with E-state index in [9.17, 15) is 0 Å². The largest absolute Gasteiger partial charge is 0.385 e. The first kappa shape index (κ1) is 16.0. The smallest absolute Gasteiger partial charge is 0.0587 e. The predicted molar refractivity (Wildman–Crippen MR) is 86.6 cm³/mol. The quantitative estimate of drug-likeness (QED) is 0.683. The van der Waals surface area contributed by atoms with Crippen molar-refractivity contribution in [2.75, 3.05) is 34.0 Å². The van der Waals surface area contributed by atoms with Gasteiger partial charge < -0.3 is 19.4 Å². The van der Waals surface area contributed by atoms with Gasteiger partial charge in [-0.3, -0.25) is 0 Å². The molecule has 0 spiro atoms. The van der Waals surface area contributed by atoms with Crippen LogP contribution in [0.4, 0.5) is 0 Å². The van der Waals surface area contributed by atoms with Gasteiger partial charge in [0.1, 0.15) is 0 Å². The maximum atomic E-state index is 5.10. The Kier molecular flexibility index (Phi) is 6.73. The fourth-order valence-electron chi connectivity index (χ4n) is 2.56. The van der Waals surface area contributed by atoms with Crippen LogP contribution >= 0.6 is 0 Å². The van der Waals surface area contributed by atoms with Crippen LogP contribution in [0.3, 0.4) is 0 Å². The van der Waals surface area contributed by atoms with Crippen LogP contribution in [-0.4, -0.2) is 38.5 Å². The van der Waals surface area contributed by atoms with Crippen LogP contribution in [0.1, 0.15) is 18.4 Å². The molecule has 1 aromatic carbocycles. The van der Waals surface area contributed by atoms with Gasteiger partial charge in [-0.05, 0) is 30.5 Å². The SMILES string of the molecule is COCCCCn1ccc2c(CNCCOC)cccc21. The third kappa shape index (κ3) is 4.56. The van der Waals surface area contributed by atoms with Crippen molar-refractivity contribution in [2.24, 2.45) is 0 Å². The molecule has 0 aliphatic carbocycles. The predicted octanol–water partition coefficient (Wildman–Crippen LogP) is 2.80. The number of fused-ring (bicyclic) bond motifs is 1. The number of hydrogen-bond donors (Lipinski definition) is 1. The van der Waals surface area contributed by atoms with E-state index < -0.39 is 0 Å². The zero-order chi connectivity index (χ0) is 14.9. The van der Waals surface area contributed by atoms with Crippen molar-refractivity contribution in [3.8, 4) is 0 Å². The summed E-state index contributed by atoms with van der Waals surface area (Å²) in [6.45, 7) is 4.40. The van der Waals surface area contributed by atoms with Crippen LogP contribution in [0.25, 0.3) is 10.9 Å². The molecular formula is C17H26N2O2. The van der Waals surface area contributed by atoms with Crippen molar-refractivity contribution >= 4 is 10.9 Å². The highest BCUT2D eigenvalue weighted by Gasteiger charge is 2.05. The van der Waals surface area contributed by atoms with Gasteiger partial charge in [0.25, 0.3) is 0 Å². The number of nitrogens with one attached hydrogen (secondary N) is 1. The van der Waals surface area contributed by atoms with Gasteiger partial charge in [-0.1, -0.05) is 12.1 Å². The average molecular weight is 290 g/mol. The summed E-state index contributed by atoms with van der Waals surface area (Å²) < 4.78 is 12.5. The van der Waals surface area contributed by atoms with Gasteiger partial charge in [-0.25, -0.2) is 0 Å². The summed E-state index contributed by atoms with van der Waals surface area (Å²) in [6, 6.07) is 8.75. The molecule has 1 heterocycles. The molecule has 0 unspecified atom stereocenters. The van der Waals surface area contributed by atoms with E-state index in [1.165, 1.54) is 16.5 Å². The number of ether oxygens (including phenoxy) is 2. The number of unbranched alkanes of at least 4 members (excludes halogenated alkanes) is 1. The lowest BCUT2D eigenvalue weighted by Crippen LogP contribution is -2.18. The highest BCUT2D eigenvalue weighted by Crippen LogP contribution is 2.20. The lowest BCUT2D eigenvalue weighted by atomic mass is 10.1. The Balaban J connectivity index is 1.99. The van der Waals surface area contributed by atoms with Gasteiger partial charge >= 0.3 is 0 Å². The number of aryl methyl sites for hydroxylation is 1. The van der Waals surface area contributed by atoms with E-state index in [4.69, 9.17) is 9.47 Å². The Hall–Kier alpha value is -1.36. The fourth-order valence-corrected chi connectivity index (χ4v) is 2.56. The number of methoxy groups -OCH3 is 2. The summed E-state index contributed by atoms with van der Waals surface area (Å²) >= 11 is 0. The molecule has 2 aromatic rings. The van der Waals surface area contributed by atoms with Crippen LogP contribution in [0, 0.1) is 0 Å². The molecule has 0 saturated heterocycles. The van der Waals surface area contributed by atoms with Crippen LogP contribution < -0.4 is 5.32 Å². The van der Waals surface area contributed by atoms with E-state index in [-0.39, 0.29) is 0 Å². The zero-order valence-corrected chi connectivity index (χ0v) is 13.1. The second-order valence-electron chi connectivity index (χ2n) is 5.23. The van der Waals surface area contributed by atoms with Crippen molar-refractivity contribution in [1.82, 2.24) is 9.88 Å². The molecule has 0 fully saturated rings. The van der Waals surface area contributed by atoms with Gasteiger partial charge in [-0.2, -0.15) is 0 Å². The van der Waals surface area contributed by atoms with Crippen molar-refractivity contribution in [1.29, 1.82) is 0 Å². The van der Waals surface area contributed by atoms with Gasteiger partial charge in [0.2, 0.25) is 0 Å². The number of benzene rings is 1. The Bertz CT molecular complexity index is 537. The average Bonchev–Trinajstić information content (AvgIpc) is 2.92. The molecule has 0 radical (unpaired) electrons. The molecule has 21 heavy (non-hydrogen) atoms. The first-order chi connectivity index (χ1) is 10.4. The number of rotatable bonds is 10. The van der Waals surface area contributed by atoms with Crippen molar-refractivity contribution in [2.45, 2.75) is 25.9 Å². The first-order valence-corrected chi connectivity index (χ1v) is 7.62. The van der Waals surface area contributed by atoms with Crippen molar-refractivity contribution in [3.63, 3.8) is 0 Å². The molecule has 0 amide bonds. The van der Waals surface area contributed by atoms with Gasteiger partial charge in [0, 0.05) is 57.6 Å². The second-order valence-corrected chi connectivity index (χ2v) is 5.23. The summed E-state index contributed by atoms with van der Waals surface area (Å²) in [5.41, 5.74) is 2.66. The maximum Gasteiger partial charge on any atom is 0.0587 e. The molecule has 0 aliphatic rings. The summed E-state index contributed by atoms with van der Waals surface area (Å²) in [7, 11) is 3.49. The monoisotopic (exact) mass is 290 g/mol. The normalized spacial score (nSPS) is 11.3. The van der Waals surface area contributed by atoms with Crippen LogP contribution in [-0.2, 0) is 22.6 Å². The van der Waals surface area contributed by atoms with Gasteiger partial charge in [-0.15, -0.1) is 0 Å². The van der Waals surface area contributed by atoms with E-state index in [1.54, 1.807) is 14.2 Å². The Labute approximate surface area is 127 Å². The maximum absolute atomic E-state index is 5.10. The van der Waals surface area contributed by atoms with E-state index in [0.29, 0.717) is 0 Å². The molecule has 4 nitrogen and oxygen atoms in total. The molecule has 4 heteroatoms. The Morgan fingerprint density at radius 2 is 1.90 bits per heavy atom. The third-order valence-electron chi connectivity index (χ3n) is 3.70. The standard InChI is InChI=1S/C17H26N2O2/c1-20-12-4-3-10-19-11-8-16-15(6-5-7-17(16)19)14-18-9-13-21-2/h5-8,11,18H,3-4,9-10,12-14H2,1-2H3. The molecule has 2 rings (SSSR count). The molecule has 1 aromatic heterocycles. The minimum absolute atomic E-state index is 0.747. The summed E-state index contributed by atoms with van der Waals surface area (Å²) in [4.78, 5) is 0.